The van der Waals surface area contributed by atoms with Crippen LogP contribution in [0, 0.1) is 0 Å². The molecule has 1 aliphatic carbocycles. The molecule has 3 N–H and O–H groups in total. The smallest absolute Gasteiger partial charge is 0.257 e. The fourth-order valence-electron chi connectivity index (χ4n) is 4.51. The molecule has 1 aliphatic rings. The average molecular weight is 599 g/mol. The molecule has 3 aromatic rings. The molecular weight excluding hydrogens is 560 g/mol. The third-order valence-corrected chi connectivity index (χ3v) is 6.95. The van der Waals surface area contributed by atoms with Crippen molar-refractivity contribution in [2.24, 2.45) is 15.7 Å². The third kappa shape index (κ3) is 9.40. The van der Waals surface area contributed by atoms with Gasteiger partial charge in [0, 0.05) is 25.1 Å². The number of aromatic nitrogens is 4. The van der Waals surface area contributed by atoms with Crippen molar-refractivity contribution in [3.05, 3.63) is 41.8 Å². The summed E-state index contributed by atoms with van der Waals surface area (Å²) in [6, 6.07) is 5.90. The molecular formula is C29H39ClN8O4. The number of nitrogens with zero attached hydrogens (tertiary/aromatic N) is 6. The zero-order valence-corrected chi connectivity index (χ0v) is 24.9. The first-order chi connectivity index (χ1) is 20.6. The van der Waals surface area contributed by atoms with Crippen LogP contribution in [0.5, 0.6) is 11.6 Å². The number of ether oxygens (including phenoxy) is 4. The number of hydrogen-bond donors (Lipinski definition) is 2. The Hall–Kier alpha value is -3.74. The number of anilines is 2. The topological polar surface area (TPSA) is 143 Å². The van der Waals surface area contributed by atoms with E-state index in [1.54, 1.807) is 25.6 Å². The number of halogens is 1. The van der Waals surface area contributed by atoms with Crippen LogP contribution >= 0.6 is 11.6 Å². The van der Waals surface area contributed by atoms with Crippen molar-refractivity contribution in [2.75, 3.05) is 45.4 Å². The predicted molar refractivity (Wildman–Crippen MR) is 164 cm³/mol. The normalized spacial score (nSPS) is 14.9. The van der Waals surface area contributed by atoms with Crippen LogP contribution in [0.4, 0.5) is 11.6 Å². The molecule has 0 saturated heterocycles. The van der Waals surface area contributed by atoms with Gasteiger partial charge in [0.05, 0.1) is 50.0 Å². The van der Waals surface area contributed by atoms with Gasteiger partial charge in [-0.1, -0.05) is 36.9 Å². The summed E-state index contributed by atoms with van der Waals surface area (Å²) < 4.78 is 24.5. The van der Waals surface area contributed by atoms with E-state index in [0.717, 1.165) is 24.0 Å². The van der Waals surface area contributed by atoms with Gasteiger partial charge < -0.3 is 30.0 Å². The highest BCUT2D eigenvalue weighted by Gasteiger charge is 2.20. The van der Waals surface area contributed by atoms with Crippen LogP contribution in [-0.4, -0.2) is 78.6 Å². The Labute approximate surface area is 251 Å². The van der Waals surface area contributed by atoms with Crippen LogP contribution in [0.2, 0.25) is 5.02 Å². The summed E-state index contributed by atoms with van der Waals surface area (Å²) in [5.41, 5.74) is 7.61. The maximum Gasteiger partial charge on any atom is 0.257 e. The molecule has 0 radical (unpaired) electrons. The Bertz CT molecular complexity index is 1300. The van der Waals surface area contributed by atoms with Crippen molar-refractivity contribution in [1.82, 2.24) is 19.7 Å². The first-order valence-electron chi connectivity index (χ1n) is 14.1. The number of nitrogens with two attached hydrogens (primary N) is 1. The number of methoxy groups -OCH3 is 1. The predicted octanol–water partition coefficient (Wildman–Crippen LogP) is 5.07. The molecule has 0 amide bonds. The largest absolute Gasteiger partial charge is 0.487 e. The molecule has 42 heavy (non-hydrogen) atoms. The molecule has 4 rings (SSSR count). The minimum Gasteiger partial charge on any atom is -0.487 e. The van der Waals surface area contributed by atoms with Gasteiger partial charge in [-0.2, -0.15) is 0 Å². The van der Waals surface area contributed by atoms with Crippen molar-refractivity contribution in [3.8, 4) is 22.8 Å². The SMILES string of the molecule is COCCOCCOc1nn(C2CCCCC2)cc1Nc1ncc(-c2ccc(Cl)c(O[C@@H](C)CN=CN=CN)c2)cn1. The lowest BCUT2D eigenvalue weighted by Gasteiger charge is -2.21. The highest BCUT2D eigenvalue weighted by atomic mass is 35.5. The molecule has 0 aliphatic heterocycles. The van der Waals surface area contributed by atoms with Crippen LogP contribution in [-0.2, 0) is 9.47 Å². The fourth-order valence-corrected chi connectivity index (χ4v) is 4.67. The van der Waals surface area contributed by atoms with Gasteiger partial charge in [0.1, 0.15) is 30.5 Å². The third-order valence-electron chi connectivity index (χ3n) is 6.63. The van der Waals surface area contributed by atoms with Crippen LogP contribution in [0.25, 0.3) is 11.1 Å². The Morgan fingerprint density at radius 2 is 1.90 bits per heavy atom. The van der Waals surface area contributed by atoms with Crippen molar-refractivity contribution >= 4 is 35.9 Å². The fraction of sp³-hybridized carbons (Fsp3) is 0.483. The van der Waals surface area contributed by atoms with Gasteiger partial charge in [-0.05, 0) is 37.5 Å². The van der Waals surface area contributed by atoms with Gasteiger partial charge in [-0.3, -0.25) is 9.67 Å². The molecule has 0 unspecified atom stereocenters. The molecule has 0 bridgehead atoms. The minimum atomic E-state index is -0.215. The van der Waals surface area contributed by atoms with Crippen LogP contribution in [0.3, 0.4) is 0 Å². The summed E-state index contributed by atoms with van der Waals surface area (Å²) in [4.78, 5) is 17.0. The van der Waals surface area contributed by atoms with E-state index < -0.39 is 0 Å². The number of nitrogens with one attached hydrogen (secondary N) is 1. The monoisotopic (exact) mass is 598 g/mol. The Morgan fingerprint density at radius 3 is 2.67 bits per heavy atom. The first kappa shape index (κ1) is 31.2. The summed E-state index contributed by atoms with van der Waals surface area (Å²) in [5.74, 6) is 1.47. The van der Waals surface area contributed by atoms with Crippen LogP contribution < -0.4 is 20.5 Å². The second-order valence-electron chi connectivity index (χ2n) is 9.85. The number of benzene rings is 1. The second-order valence-corrected chi connectivity index (χ2v) is 10.3. The molecule has 2 heterocycles. The van der Waals surface area contributed by atoms with E-state index in [4.69, 9.17) is 41.4 Å². The summed E-state index contributed by atoms with van der Waals surface area (Å²) in [6.45, 7) is 4.17. The maximum absolute atomic E-state index is 6.39. The Morgan fingerprint density at radius 1 is 1.12 bits per heavy atom. The molecule has 1 saturated carbocycles. The zero-order valence-electron chi connectivity index (χ0n) is 24.1. The minimum absolute atomic E-state index is 0.215. The van der Waals surface area contributed by atoms with E-state index in [0.29, 0.717) is 67.3 Å². The van der Waals surface area contributed by atoms with E-state index in [9.17, 15) is 0 Å². The van der Waals surface area contributed by atoms with Gasteiger partial charge in [0.2, 0.25) is 5.95 Å². The van der Waals surface area contributed by atoms with E-state index in [1.807, 2.05) is 29.9 Å². The molecule has 2 aromatic heterocycles. The zero-order chi connectivity index (χ0) is 29.6. The molecule has 1 atom stereocenters. The van der Waals surface area contributed by atoms with Crippen molar-refractivity contribution < 1.29 is 18.9 Å². The van der Waals surface area contributed by atoms with E-state index >= 15 is 0 Å². The molecule has 12 nitrogen and oxygen atoms in total. The van der Waals surface area contributed by atoms with Crippen LogP contribution in [0.15, 0.2) is 46.8 Å². The summed E-state index contributed by atoms with van der Waals surface area (Å²) >= 11 is 6.39. The standard InChI is InChI=1S/C29H39ClN8O4/c1-21(15-32-20-33-19-31)42-27-14-22(8-9-25(27)30)23-16-34-29(35-17-23)36-26-18-38(24-6-4-3-5-7-24)37-28(26)41-13-12-40-11-10-39-2/h8-9,14,16-21,24H,3-7,10-13,15H2,1-2H3,(H2,31,32,33)(H,34,35,36)/t21-/m0/s1. The molecule has 13 heteroatoms. The summed E-state index contributed by atoms with van der Waals surface area (Å²) in [6.07, 6.45) is 13.7. The number of hydrogen-bond acceptors (Lipinski definition) is 9. The highest BCUT2D eigenvalue weighted by Crippen LogP contribution is 2.34. The van der Waals surface area contributed by atoms with Gasteiger partial charge in [0.15, 0.2) is 0 Å². The second kappa shape index (κ2) is 16.6. The van der Waals surface area contributed by atoms with Crippen molar-refractivity contribution in [3.63, 3.8) is 0 Å². The Kier molecular flexibility index (Phi) is 12.4. The molecule has 226 valence electrons. The van der Waals surface area contributed by atoms with E-state index in [1.165, 1.54) is 31.9 Å². The lowest BCUT2D eigenvalue weighted by molar-refractivity contribution is 0.0536. The summed E-state index contributed by atoms with van der Waals surface area (Å²) in [7, 11) is 1.65. The average Bonchev–Trinajstić information content (AvgIpc) is 3.41. The highest BCUT2D eigenvalue weighted by molar-refractivity contribution is 6.32. The van der Waals surface area contributed by atoms with Crippen molar-refractivity contribution in [2.45, 2.75) is 51.2 Å². The maximum atomic E-state index is 6.39. The lowest BCUT2D eigenvalue weighted by atomic mass is 9.96. The van der Waals surface area contributed by atoms with E-state index in [2.05, 4.69) is 25.3 Å². The number of rotatable bonds is 16. The van der Waals surface area contributed by atoms with Crippen LogP contribution in [0.1, 0.15) is 45.1 Å². The van der Waals surface area contributed by atoms with Gasteiger partial charge in [-0.25, -0.2) is 15.0 Å². The van der Waals surface area contributed by atoms with Gasteiger partial charge >= 0.3 is 0 Å². The molecule has 1 fully saturated rings. The number of aliphatic imine (C=N–C) groups is 2. The summed E-state index contributed by atoms with van der Waals surface area (Å²) in [5, 5.41) is 8.53. The molecule has 0 spiro atoms. The Balaban J connectivity index is 1.43. The molecule has 1 aromatic carbocycles. The van der Waals surface area contributed by atoms with E-state index in [-0.39, 0.29) is 6.10 Å². The van der Waals surface area contributed by atoms with Crippen molar-refractivity contribution in [1.29, 1.82) is 0 Å². The first-order valence-corrected chi connectivity index (χ1v) is 14.5. The van der Waals surface area contributed by atoms with Gasteiger partial charge in [0.25, 0.3) is 5.88 Å². The van der Waals surface area contributed by atoms with Gasteiger partial charge in [-0.15, -0.1) is 5.10 Å². The lowest BCUT2D eigenvalue weighted by Crippen LogP contribution is -2.15. The quantitative estimate of drug-likeness (QED) is 0.131.